The second-order valence-electron chi connectivity index (χ2n) is 8.65. The minimum Gasteiger partial charge on any atom is -0.142 e. The third kappa shape index (κ3) is 2.71. The molecule has 0 nitrogen and oxygen atoms in total. The summed E-state index contributed by atoms with van der Waals surface area (Å²) in [4.78, 5) is 0. The van der Waals surface area contributed by atoms with Crippen molar-refractivity contribution < 1.29 is 0 Å². The van der Waals surface area contributed by atoms with E-state index in [0.717, 1.165) is 0 Å². The molecule has 0 spiro atoms. The van der Waals surface area contributed by atoms with E-state index in [-0.39, 0.29) is 0 Å². The summed E-state index contributed by atoms with van der Waals surface area (Å²) < 4.78 is 2.79. The molecule has 0 fully saturated rings. The largest absolute Gasteiger partial charge is 0.142 e. The predicted molar refractivity (Wildman–Crippen MR) is 154 cm³/mol. The molecule has 1 aliphatic rings. The van der Waals surface area contributed by atoms with Gasteiger partial charge in [0.2, 0.25) is 0 Å². The van der Waals surface area contributed by atoms with E-state index in [2.05, 4.69) is 114 Å². The van der Waals surface area contributed by atoms with Crippen LogP contribution in [0.15, 0.2) is 114 Å². The Labute approximate surface area is 206 Å². The lowest BCUT2D eigenvalue weighted by Crippen LogP contribution is -2.26. The summed E-state index contributed by atoms with van der Waals surface area (Å²) in [5.41, 5.74) is 2.56. The standard InChI is InChI=1S/C31H21PS2/c1-32(23-15-9-4-10-16-23)28(21-11-5-2-6-12-21)26-24-17-19-33-30(24)31-25(18-20-34-31)27(26)29(32)22-13-7-3-8-14-22/h2-20H,1H2. The molecule has 0 unspecified atom stereocenters. The number of fused-ring (bicyclic) bond motifs is 6. The lowest BCUT2D eigenvalue weighted by Gasteiger charge is -2.28. The van der Waals surface area contributed by atoms with Crippen LogP contribution in [0.3, 0.4) is 0 Å². The minimum absolute atomic E-state index is 1.28. The van der Waals surface area contributed by atoms with E-state index in [0.29, 0.717) is 0 Å². The highest BCUT2D eigenvalue weighted by Gasteiger charge is 2.36. The van der Waals surface area contributed by atoms with Crippen LogP contribution in [0, 0.1) is 0 Å². The monoisotopic (exact) mass is 488 g/mol. The summed E-state index contributed by atoms with van der Waals surface area (Å²) in [7, 11) is 0. The molecule has 0 saturated carbocycles. The minimum atomic E-state index is -2.19. The van der Waals surface area contributed by atoms with Crippen molar-refractivity contribution in [1.29, 1.82) is 0 Å². The molecule has 0 N–H and O–H groups in total. The fraction of sp³-hybridized carbons (Fsp3) is 0. The van der Waals surface area contributed by atoms with Gasteiger partial charge in [-0.05, 0) is 56.8 Å². The summed E-state index contributed by atoms with van der Waals surface area (Å²) in [6, 6.07) is 37.6. The van der Waals surface area contributed by atoms with E-state index in [1.54, 1.807) is 0 Å². The van der Waals surface area contributed by atoms with Gasteiger partial charge in [-0.2, -0.15) is 0 Å². The highest BCUT2D eigenvalue weighted by atomic mass is 32.1. The quantitative estimate of drug-likeness (QED) is 0.231. The lowest BCUT2D eigenvalue weighted by molar-refractivity contribution is 1.59. The molecule has 1 aliphatic heterocycles. The van der Waals surface area contributed by atoms with Gasteiger partial charge in [0.15, 0.2) is 0 Å². The van der Waals surface area contributed by atoms with Crippen LogP contribution < -0.4 is 15.7 Å². The third-order valence-electron chi connectivity index (χ3n) is 6.85. The highest BCUT2D eigenvalue weighted by Crippen LogP contribution is 2.66. The highest BCUT2D eigenvalue weighted by molar-refractivity contribution is 7.97. The van der Waals surface area contributed by atoms with Crippen molar-refractivity contribution in [3.63, 3.8) is 0 Å². The Kier molecular flexibility index (Phi) is 4.57. The molecule has 4 aromatic carbocycles. The van der Waals surface area contributed by atoms with Crippen molar-refractivity contribution in [3.05, 3.63) is 135 Å². The molecule has 3 heterocycles. The van der Waals surface area contributed by atoms with Gasteiger partial charge in [-0.25, -0.2) is 0 Å². The number of thiophene rings is 2. The molecule has 34 heavy (non-hydrogen) atoms. The number of hydrogen-bond acceptors (Lipinski definition) is 2. The van der Waals surface area contributed by atoms with Gasteiger partial charge >= 0.3 is 0 Å². The molecule has 3 heteroatoms. The number of rotatable bonds is 3. The smallest absolute Gasteiger partial charge is 0.0527 e. The van der Waals surface area contributed by atoms with Crippen LogP contribution in [0.1, 0.15) is 11.1 Å². The van der Waals surface area contributed by atoms with Gasteiger partial charge in [-0.1, -0.05) is 97.3 Å². The fourth-order valence-corrected chi connectivity index (χ4v) is 11.3. The molecule has 0 aliphatic carbocycles. The average Bonchev–Trinajstić information content (AvgIpc) is 3.62. The molecule has 0 radical (unpaired) electrons. The van der Waals surface area contributed by atoms with Crippen LogP contribution in [0.4, 0.5) is 0 Å². The van der Waals surface area contributed by atoms with Gasteiger partial charge in [0.05, 0.1) is 9.40 Å². The van der Waals surface area contributed by atoms with Crippen LogP contribution in [0.2, 0.25) is 0 Å². The Morgan fingerprint density at radius 1 is 0.500 bits per heavy atom. The van der Waals surface area contributed by atoms with Crippen molar-refractivity contribution in [1.82, 2.24) is 0 Å². The first-order valence-corrected chi connectivity index (χ1v) is 15.1. The molecule has 0 atom stereocenters. The van der Waals surface area contributed by atoms with E-state index in [1.807, 2.05) is 22.7 Å². The molecule has 2 aromatic heterocycles. The van der Waals surface area contributed by atoms with E-state index in [1.165, 1.54) is 57.7 Å². The Morgan fingerprint density at radius 2 is 0.912 bits per heavy atom. The van der Waals surface area contributed by atoms with Crippen molar-refractivity contribution in [2.75, 3.05) is 0 Å². The van der Waals surface area contributed by atoms with Crippen LogP contribution in [0.25, 0.3) is 30.8 Å². The lowest BCUT2D eigenvalue weighted by atomic mass is 10.0. The van der Waals surface area contributed by atoms with Crippen molar-refractivity contribution >= 4 is 72.0 Å². The second kappa shape index (κ2) is 7.68. The molecular weight excluding hydrogens is 467 g/mol. The number of benzene rings is 4. The summed E-state index contributed by atoms with van der Waals surface area (Å²) in [6.07, 6.45) is 5.20. The van der Waals surface area contributed by atoms with Gasteiger partial charge in [0.1, 0.15) is 0 Å². The molecule has 162 valence electrons. The zero-order valence-corrected chi connectivity index (χ0v) is 21.0. The van der Waals surface area contributed by atoms with Crippen molar-refractivity contribution in [2.24, 2.45) is 0 Å². The van der Waals surface area contributed by atoms with Gasteiger partial charge in [0.25, 0.3) is 0 Å². The van der Waals surface area contributed by atoms with Crippen LogP contribution in [0.5, 0.6) is 0 Å². The maximum absolute atomic E-state index is 5.20. The fourth-order valence-electron chi connectivity index (χ4n) is 5.48. The van der Waals surface area contributed by atoms with Gasteiger partial charge in [-0.15, -0.1) is 22.7 Å². The van der Waals surface area contributed by atoms with Crippen molar-refractivity contribution in [2.45, 2.75) is 0 Å². The molecule has 0 bridgehead atoms. The van der Waals surface area contributed by atoms with E-state index in [4.69, 9.17) is 6.30 Å². The summed E-state index contributed by atoms with van der Waals surface area (Å²) in [5, 5.41) is 14.1. The zero-order valence-electron chi connectivity index (χ0n) is 18.4. The SMILES string of the molecule is C=P1(c2ccccc2)C(c2ccccc2)=c2c(c3ccsc3c3sccc23)=C1c1ccccc1. The maximum atomic E-state index is 5.20. The van der Waals surface area contributed by atoms with Gasteiger partial charge in [-0.3, -0.25) is 0 Å². The Hall–Kier alpha value is -3.16. The Balaban J connectivity index is 1.84. The molecule has 6 aromatic rings. The molecule has 0 amide bonds. The Bertz CT molecular complexity index is 1740. The molecule has 7 rings (SSSR count). The van der Waals surface area contributed by atoms with Crippen LogP contribution >= 0.6 is 29.6 Å². The van der Waals surface area contributed by atoms with Gasteiger partial charge in [0, 0.05) is 21.2 Å². The average molecular weight is 489 g/mol. The predicted octanol–water partition coefficient (Wildman–Crippen LogP) is 7.22. The third-order valence-corrected chi connectivity index (χ3v) is 12.5. The van der Waals surface area contributed by atoms with Gasteiger partial charge < -0.3 is 0 Å². The van der Waals surface area contributed by atoms with E-state index < -0.39 is 6.89 Å². The summed E-state index contributed by atoms with van der Waals surface area (Å²) in [6.45, 7) is -2.19. The summed E-state index contributed by atoms with van der Waals surface area (Å²) >= 11 is 3.71. The molecular formula is C31H21PS2. The first-order chi connectivity index (χ1) is 16.8. The van der Waals surface area contributed by atoms with Crippen LogP contribution in [-0.2, 0) is 0 Å². The van der Waals surface area contributed by atoms with E-state index >= 15 is 0 Å². The topological polar surface area (TPSA) is 0 Å². The summed E-state index contributed by atoms with van der Waals surface area (Å²) in [5.74, 6) is 0. The van der Waals surface area contributed by atoms with Crippen LogP contribution in [-0.4, -0.2) is 6.30 Å². The molecule has 0 saturated heterocycles. The van der Waals surface area contributed by atoms with E-state index in [9.17, 15) is 0 Å². The Morgan fingerprint density at radius 3 is 1.35 bits per heavy atom. The number of hydrogen-bond donors (Lipinski definition) is 0. The zero-order chi connectivity index (χ0) is 22.7. The normalized spacial score (nSPS) is 14.7. The second-order valence-corrected chi connectivity index (χ2v) is 13.5. The first kappa shape index (κ1) is 20.2. The maximum Gasteiger partial charge on any atom is 0.0527 e. The first-order valence-electron chi connectivity index (χ1n) is 11.3. The van der Waals surface area contributed by atoms with Crippen molar-refractivity contribution in [3.8, 4) is 0 Å².